The number of hydrogen-bond acceptors (Lipinski definition) is 4. The molecule has 1 saturated heterocycles. The number of pyridine rings is 1. The molecule has 7 heteroatoms. The van der Waals surface area contributed by atoms with E-state index in [1.165, 1.54) is 5.56 Å². The predicted molar refractivity (Wildman–Crippen MR) is 108 cm³/mol. The van der Waals surface area contributed by atoms with Crippen molar-refractivity contribution >= 4 is 38.9 Å². The largest absolute Gasteiger partial charge is 0.379 e. The van der Waals surface area contributed by atoms with E-state index in [-0.39, 0.29) is 6.04 Å². The molecule has 25 heavy (non-hydrogen) atoms. The Kier molecular flexibility index (Phi) is 6.75. The monoisotopic (exact) mass is 420 g/mol. The van der Waals surface area contributed by atoms with Gasteiger partial charge in [0.2, 0.25) is 0 Å². The van der Waals surface area contributed by atoms with Crippen LogP contribution < -0.4 is 10.6 Å². The third kappa shape index (κ3) is 5.47. The molecule has 1 aliphatic heterocycles. The van der Waals surface area contributed by atoms with Crippen molar-refractivity contribution < 1.29 is 4.74 Å². The number of rotatable bonds is 5. The molecule has 132 valence electrons. The van der Waals surface area contributed by atoms with Crippen molar-refractivity contribution in [2.45, 2.75) is 6.04 Å². The van der Waals surface area contributed by atoms with E-state index >= 15 is 0 Å². The maximum absolute atomic E-state index is 5.48. The van der Waals surface area contributed by atoms with E-state index in [1.54, 1.807) is 6.20 Å². The number of nitrogens with one attached hydrogen (secondary N) is 2. The van der Waals surface area contributed by atoms with Crippen LogP contribution in [0, 0.1) is 0 Å². The quantitative estimate of drug-likeness (QED) is 0.724. The lowest BCUT2D eigenvalue weighted by atomic mass is 10.1. The van der Waals surface area contributed by atoms with Crippen molar-refractivity contribution in [3.63, 3.8) is 0 Å². The van der Waals surface area contributed by atoms with Crippen molar-refractivity contribution in [2.24, 2.45) is 0 Å². The fourth-order valence-electron chi connectivity index (χ4n) is 2.82. The van der Waals surface area contributed by atoms with Crippen LogP contribution in [0.15, 0.2) is 53.3 Å². The Morgan fingerprint density at radius 3 is 2.68 bits per heavy atom. The zero-order chi connectivity index (χ0) is 17.5. The molecule has 0 spiro atoms. The lowest BCUT2D eigenvalue weighted by Crippen LogP contribution is -2.44. The number of ether oxygens (including phenoxy) is 1. The molecule has 1 unspecified atom stereocenters. The van der Waals surface area contributed by atoms with Crippen molar-refractivity contribution in [1.29, 1.82) is 0 Å². The maximum atomic E-state index is 5.48. The molecule has 0 bridgehead atoms. The standard InChI is InChI=1S/C18H21BrN4OS/c19-15-3-5-16(6-4-15)22-18(25)21-13-17(14-2-1-7-20-12-14)23-8-10-24-11-9-23/h1-7,12,17H,8-11,13H2,(H2,21,22,25). The first kappa shape index (κ1) is 18.3. The molecule has 5 nitrogen and oxygen atoms in total. The summed E-state index contributed by atoms with van der Waals surface area (Å²) in [5, 5.41) is 7.17. The van der Waals surface area contributed by atoms with Gasteiger partial charge in [0.25, 0.3) is 0 Å². The molecular formula is C18H21BrN4OS. The van der Waals surface area contributed by atoms with Gasteiger partial charge in [-0.05, 0) is 48.1 Å². The molecule has 3 rings (SSSR count). The second-order valence-electron chi connectivity index (χ2n) is 5.79. The lowest BCUT2D eigenvalue weighted by Gasteiger charge is -2.35. The molecule has 1 aromatic carbocycles. The van der Waals surface area contributed by atoms with Crippen LogP contribution in [-0.4, -0.2) is 47.8 Å². The smallest absolute Gasteiger partial charge is 0.170 e. The number of aromatic nitrogens is 1. The lowest BCUT2D eigenvalue weighted by molar-refractivity contribution is 0.0170. The summed E-state index contributed by atoms with van der Waals surface area (Å²) in [7, 11) is 0. The van der Waals surface area contributed by atoms with Crippen LogP contribution in [0.25, 0.3) is 0 Å². The highest BCUT2D eigenvalue weighted by atomic mass is 79.9. The molecular weight excluding hydrogens is 400 g/mol. The number of nitrogens with zero attached hydrogens (tertiary/aromatic N) is 2. The Balaban J connectivity index is 1.61. The zero-order valence-electron chi connectivity index (χ0n) is 13.8. The van der Waals surface area contributed by atoms with Crippen molar-refractivity contribution in [3.8, 4) is 0 Å². The number of hydrogen-bond donors (Lipinski definition) is 2. The maximum Gasteiger partial charge on any atom is 0.170 e. The van der Waals surface area contributed by atoms with Gasteiger partial charge in [-0.1, -0.05) is 22.0 Å². The average molecular weight is 421 g/mol. The van der Waals surface area contributed by atoms with Crippen LogP contribution in [0.1, 0.15) is 11.6 Å². The zero-order valence-corrected chi connectivity index (χ0v) is 16.2. The van der Waals surface area contributed by atoms with Gasteiger partial charge in [-0.3, -0.25) is 9.88 Å². The minimum atomic E-state index is 0.210. The third-order valence-electron chi connectivity index (χ3n) is 4.11. The van der Waals surface area contributed by atoms with E-state index in [1.807, 2.05) is 36.5 Å². The first-order valence-corrected chi connectivity index (χ1v) is 9.44. The fraction of sp³-hybridized carbons (Fsp3) is 0.333. The Morgan fingerprint density at radius 2 is 2.00 bits per heavy atom. The van der Waals surface area contributed by atoms with Crippen LogP contribution in [0.3, 0.4) is 0 Å². The molecule has 2 N–H and O–H groups in total. The summed E-state index contributed by atoms with van der Waals surface area (Å²) in [6.07, 6.45) is 3.72. The number of benzene rings is 1. The minimum absolute atomic E-state index is 0.210. The van der Waals surface area contributed by atoms with Gasteiger partial charge in [-0.2, -0.15) is 0 Å². The predicted octanol–water partition coefficient (Wildman–Crippen LogP) is 3.20. The normalized spacial score (nSPS) is 16.2. The van der Waals surface area contributed by atoms with E-state index < -0.39 is 0 Å². The second kappa shape index (κ2) is 9.24. The van der Waals surface area contributed by atoms with E-state index in [4.69, 9.17) is 17.0 Å². The van der Waals surface area contributed by atoms with Crippen LogP contribution in [0.2, 0.25) is 0 Å². The van der Waals surface area contributed by atoms with E-state index in [2.05, 4.69) is 42.5 Å². The van der Waals surface area contributed by atoms with Gasteiger partial charge in [-0.25, -0.2) is 0 Å². The van der Waals surface area contributed by atoms with Gasteiger partial charge in [0.05, 0.1) is 19.3 Å². The molecule has 2 heterocycles. The van der Waals surface area contributed by atoms with E-state index in [9.17, 15) is 0 Å². The molecule has 0 amide bonds. The summed E-state index contributed by atoms with van der Waals surface area (Å²) in [6.45, 7) is 4.06. The summed E-state index contributed by atoms with van der Waals surface area (Å²) < 4.78 is 6.52. The molecule has 0 saturated carbocycles. The summed E-state index contributed by atoms with van der Waals surface area (Å²) in [5.74, 6) is 0. The molecule has 1 atom stereocenters. The van der Waals surface area contributed by atoms with E-state index in [0.717, 1.165) is 36.5 Å². The van der Waals surface area contributed by atoms with Crippen molar-refractivity contribution in [3.05, 3.63) is 58.8 Å². The summed E-state index contributed by atoms with van der Waals surface area (Å²) >= 11 is 8.88. The third-order valence-corrected chi connectivity index (χ3v) is 4.89. The van der Waals surface area contributed by atoms with Gasteiger partial charge in [-0.15, -0.1) is 0 Å². The van der Waals surface area contributed by atoms with Crippen molar-refractivity contribution in [1.82, 2.24) is 15.2 Å². The number of anilines is 1. The Morgan fingerprint density at radius 1 is 1.24 bits per heavy atom. The van der Waals surface area contributed by atoms with Gasteiger partial charge in [0.1, 0.15) is 0 Å². The summed E-state index contributed by atoms with van der Waals surface area (Å²) in [6, 6.07) is 12.2. The van der Waals surface area contributed by atoms with Crippen molar-refractivity contribution in [2.75, 3.05) is 38.2 Å². The second-order valence-corrected chi connectivity index (χ2v) is 7.12. The number of morpholine rings is 1. The molecule has 1 fully saturated rings. The Bertz CT molecular complexity index is 677. The topological polar surface area (TPSA) is 49.4 Å². The molecule has 0 aliphatic carbocycles. The van der Waals surface area contributed by atoms with Crippen LogP contribution >= 0.6 is 28.1 Å². The summed E-state index contributed by atoms with van der Waals surface area (Å²) in [4.78, 5) is 6.68. The molecule has 1 aromatic heterocycles. The highest BCUT2D eigenvalue weighted by molar-refractivity contribution is 9.10. The SMILES string of the molecule is S=C(NCC(c1cccnc1)N1CCOCC1)Nc1ccc(Br)cc1. The van der Waals surface area contributed by atoms with Crippen LogP contribution in [-0.2, 0) is 4.74 Å². The first-order chi connectivity index (χ1) is 12.2. The number of thiocarbonyl (C=S) groups is 1. The first-order valence-electron chi connectivity index (χ1n) is 8.24. The van der Waals surface area contributed by atoms with Crippen LogP contribution in [0.4, 0.5) is 5.69 Å². The van der Waals surface area contributed by atoms with Crippen LogP contribution in [0.5, 0.6) is 0 Å². The highest BCUT2D eigenvalue weighted by Crippen LogP contribution is 2.20. The van der Waals surface area contributed by atoms with Gasteiger partial charge >= 0.3 is 0 Å². The van der Waals surface area contributed by atoms with Gasteiger partial charge in [0, 0.05) is 42.2 Å². The summed E-state index contributed by atoms with van der Waals surface area (Å²) in [5.41, 5.74) is 2.15. The minimum Gasteiger partial charge on any atom is -0.379 e. The molecule has 2 aromatic rings. The average Bonchev–Trinajstić information content (AvgIpc) is 2.66. The fourth-order valence-corrected chi connectivity index (χ4v) is 3.28. The van der Waals surface area contributed by atoms with E-state index in [0.29, 0.717) is 11.7 Å². The number of halogens is 1. The molecule has 0 radical (unpaired) electrons. The Hall–Kier alpha value is -1.54. The van der Waals surface area contributed by atoms with Gasteiger partial charge < -0.3 is 15.4 Å². The van der Waals surface area contributed by atoms with Gasteiger partial charge in [0.15, 0.2) is 5.11 Å². The Labute approximate surface area is 161 Å². The molecule has 1 aliphatic rings. The highest BCUT2D eigenvalue weighted by Gasteiger charge is 2.22.